The Morgan fingerprint density at radius 2 is 1.94 bits per heavy atom. The third kappa shape index (κ3) is 2.99. The summed E-state index contributed by atoms with van der Waals surface area (Å²) in [6.07, 6.45) is 7.33. The number of carbonyl (C=O) groups excluding carboxylic acids is 1. The largest absolute Gasteiger partial charge is 0.395 e. The second-order valence-electron chi connectivity index (χ2n) is 5.46. The fraction of sp³-hybridized carbons (Fsp3) is 0.923. The number of nitrogens with zero attached hydrogens (tertiary/aromatic N) is 1. The summed E-state index contributed by atoms with van der Waals surface area (Å²) in [5.74, 6) is 0.338. The molecule has 0 spiro atoms. The fourth-order valence-electron chi connectivity index (χ4n) is 2.97. The van der Waals surface area contributed by atoms with Gasteiger partial charge >= 0.3 is 0 Å². The third-order valence-corrected chi connectivity index (χ3v) is 4.20. The highest BCUT2D eigenvalue weighted by atomic mass is 16.3. The van der Waals surface area contributed by atoms with Gasteiger partial charge in [0.1, 0.15) is 0 Å². The van der Waals surface area contributed by atoms with Crippen LogP contribution in [0.1, 0.15) is 44.9 Å². The first-order valence-corrected chi connectivity index (χ1v) is 6.89. The number of hydrogen-bond acceptors (Lipinski definition) is 3. The summed E-state index contributed by atoms with van der Waals surface area (Å²) in [7, 11) is 0. The molecule has 4 heteroatoms. The van der Waals surface area contributed by atoms with Crippen LogP contribution in [0.3, 0.4) is 0 Å². The molecule has 2 aliphatic rings. The SMILES string of the molecule is NC1CCCC(C(=O)N(CCO)C2CCC2)C1. The lowest BCUT2D eigenvalue weighted by Crippen LogP contribution is -2.49. The molecule has 0 heterocycles. The summed E-state index contributed by atoms with van der Waals surface area (Å²) in [4.78, 5) is 14.3. The number of nitrogens with two attached hydrogens (primary N) is 1. The lowest BCUT2D eigenvalue weighted by Gasteiger charge is -2.40. The van der Waals surface area contributed by atoms with Crippen LogP contribution in [0.4, 0.5) is 0 Å². The minimum Gasteiger partial charge on any atom is -0.395 e. The van der Waals surface area contributed by atoms with E-state index in [0.29, 0.717) is 12.6 Å². The first-order chi connectivity index (χ1) is 8.22. The molecule has 2 rings (SSSR count). The van der Waals surface area contributed by atoms with E-state index in [1.165, 1.54) is 6.42 Å². The molecule has 2 unspecified atom stereocenters. The maximum atomic E-state index is 12.4. The van der Waals surface area contributed by atoms with Crippen LogP contribution < -0.4 is 5.73 Å². The van der Waals surface area contributed by atoms with Gasteiger partial charge in [0.15, 0.2) is 0 Å². The number of aliphatic hydroxyl groups is 1. The van der Waals surface area contributed by atoms with E-state index in [-0.39, 0.29) is 24.5 Å². The van der Waals surface area contributed by atoms with Crippen molar-refractivity contribution < 1.29 is 9.90 Å². The first kappa shape index (κ1) is 12.8. The van der Waals surface area contributed by atoms with E-state index in [1.807, 2.05) is 4.90 Å². The predicted molar refractivity (Wildman–Crippen MR) is 66.4 cm³/mol. The Labute approximate surface area is 103 Å². The van der Waals surface area contributed by atoms with Crippen LogP contribution in [0, 0.1) is 5.92 Å². The van der Waals surface area contributed by atoms with Crippen LogP contribution in [0.5, 0.6) is 0 Å². The van der Waals surface area contributed by atoms with Crippen molar-refractivity contribution in [2.75, 3.05) is 13.2 Å². The summed E-state index contributed by atoms with van der Waals surface area (Å²) < 4.78 is 0. The molecule has 0 bridgehead atoms. The van der Waals surface area contributed by atoms with E-state index in [0.717, 1.165) is 38.5 Å². The number of amides is 1. The van der Waals surface area contributed by atoms with Crippen molar-refractivity contribution in [3.63, 3.8) is 0 Å². The van der Waals surface area contributed by atoms with Gasteiger partial charge in [-0.15, -0.1) is 0 Å². The van der Waals surface area contributed by atoms with Gasteiger partial charge in [-0.1, -0.05) is 6.42 Å². The Kier molecular flexibility index (Phi) is 4.40. The van der Waals surface area contributed by atoms with E-state index in [4.69, 9.17) is 10.8 Å². The zero-order valence-electron chi connectivity index (χ0n) is 10.5. The quantitative estimate of drug-likeness (QED) is 0.766. The summed E-state index contributed by atoms with van der Waals surface area (Å²) in [5.41, 5.74) is 5.94. The molecule has 0 aromatic carbocycles. The normalized spacial score (nSPS) is 29.8. The molecule has 2 aliphatic carbocycles. The first-order valence-electron chi connectivity index (χ1n) is 6.89. The predicted octanol–water partition coefficient (Wildman–Crippen LogP) is 0.877. The minimum atomic E-state index is 0.0704. The zero-order chi connectivity index (χ0) is 12.3. The van der Waals surface area contributed by atoms with Crippen molar-refractivity contribution in [2.24, 2.45) is 11.7 Å². The van der Waals surface area contributed by atoms with Gasteiger partial charge in [-0.25, -0.2) is 0 Å². The summed E-state index contributed by atoms with van der Waals surface area (Å²) in [5, 5.41) is 9.09. The molecule has 98 valence electrons. The molecule has 0 aliphatic heterocycles. The molecule has 0 saturated heterocycles. The van der Waals surface area contributed by atoms with E-state index >= 15 is 0 Å². The average molecular weight is 240 g/mol. The molecule has 0 radical (unpaired) electrons. The van der Waals surface area contributed by atoms with Crippen molar-refractivity contribution in [1.82, 2.24) is 4.90 Å². The van der Waals surface area contributed by atoms with E-state index in [1.54, 1.807) is 0 Å². The summed E-state index contributed by atoms with van der Waals surface area (Å²) in [6, 6.07) is 0.572. The standard InChI is InChI=1S/C13H24N2O2/c14-11-4-1-3-10(9-11)13(17)15(7-8-16)12-5-2-6-12/h10-12,16H,1-9,14H2. The van der Waals surface area contributed by atoms with E-state index < -0.39 is 0 Å². The Morgan fingerprint density at radius 3 is 2.47 bits per heavy atom. The molecule has 0 aromatic heterocycles. The van der Waals surface area contributed by atoms with Gasteiger partial charge < -0.3 is 15.7 Å². The van der Waals surface area contributed by atoms with Gasteiger partial charge in [0.05, 0.1) is 6.61 Å². The van der Waals surface area contributed by atoms with E-state index in [2.05, 4.69) is 0 Å². The third-order valence-electron chi connectivity index (χ3n) is 4.20. The molecule has 2 fully saturated rings. The molecule has 2 saturated carbocycles. The molecule has 17 heavy (non-hydrogen) atoms. The minimum absolute atomic E-state index is 0.0704. The maximum Gasteiger partial charge on any atom is 0.226 e. The van der Waals surface area contributed by atoms with Crippen molar-refractivity contribution >= 4 is 5.91 Å². The molecule has 2 atom stereocenters. The highest BCUT2D eigenvalue weighted by Gasteiger charge is 2.34. The number of aliphatic hydroxyl groups excluding tert-OH is 1. The van der Waals surface area contributed by atoms with Crippen LogP contribution in [0.15, 0.2) is 0 Å². The lowest BCUT2D eigenvalue weighted by molar-refractivity contribution is -0.141. The zero-order valence-corrected chi connectivity index (χ0v) is 10.5. The highest BCUT2D eigenvalue weighted by molar-refractivity contribution is 5.79. The second kappa shape index (κ2) is 5.83. The van der Waals surface area contributed by atoms with Gasteiger partial charge in [-0.05, 0) is 38.5 Å². The average Bonchev–Trinajstić information content (AvgIpc) is 2.25. The van der Waals surface area contributed by atoms with Crippen molar-refractivity contribution in [1.29, 1.82) is 0 Å². The Morgan fingerprint density at radius 1 is 1.24 bits per heavy atom. The summed E-state index contributed by atoms with van der Waals surface area (Å²) >= 11 is 0. The van der Waals surface area contributed by atoms with Gasteiger partial charge in [0.2, 0.25) is 5.91 Å². The molecule has 0 aromatic rings. The van der Waals surface area contributed by atoms with Crippen LogP contribution in [0.25, 0.3) is 0 Å². The van der Waals surface area contributed by atoms with Crippen LogP contribution in [0.2, 0.25) is 0 Å². The maximum absolute atomic E-state index is 12.4. The molecule has 3 N–H and O–H groups in total. The molecule has 4 nitrogen and oxygen atoms in total. The lowest BCUT2D eigenvalue weighted by atomic mass is 9.83. The Bertz CT molecular complexity index is 266. The van der Waals surface area contributed by atoms with Gasteiger partial charge in [-0.3, -0.25) is 4.79 Å². The highest BCUT2D eigenvalue weighted by Crippen LogP contribution is 2.30. The van der Waals surface area contributed by atoms with Crippen molar-refractivity contribution in [3.05, 3.63) is 0 Å². The van der Waals surface area contributed by atoms with Crippen molar-refractivity contribution in [3.8, 4) is 0 Å². The Balaban J connectivity index is 1.94. The number of hydrogen-bond donors (Lipinski definition) is 2. The number of rotatable bonds is 4. The van der Waals surface area contributed by atoms with Gasteiger partial charge in [0, 0.05) is 24.5 Å². The van der Waals surface area contributed by atoms with Gasteiger partial charge in [0.25, 0.3) is 0 Å². The van der Waals surface area contributed by atoms with Crippen LogP contribution >= 0.6 is 0 Å². The van der Waals surface area contributed by atoms with Gasteiger partial charge in [-0.2, -0.15) is 0 Å². The summed E-state index contributed by atoms with van der Waals surface area (Å²) in [6.45, 7) is 0.566. The monoisotopic (exact) mass is 240 g/mol. The van der Waals surface area contributed by atoms with Crippen molar-refractivity contribution in [2.45, 2.75) is 57.0 Å². The number of carbonyl (C=O) groups is 1. The van der Waals surface area contributed by atoms with E-state index in [9.17, 15) is 4.79 Å². The molecular weight excluding hydrogens is 216 g/mol. The topological polar surface area (TPSA) is 66.6 Å². The van der Waals surface area contributed by atoms with Crippen LogP contribution in [-0.2, 0) is 4.79 Å². The molecular formula is C13H24N2O2. The van der Waals surface area contributed by atoms with Crippen LogP contribution in [-0.4, -0.2) is 41.1 Å². The Hall–Kier alpha value is -0.610. The smallest absolute Gasteiger partial charge is 0.226 e. The molecule has 1 amide bonds. The fourth-order valence-corrected chi connectivity index (χ4v) is 2.97. The second-order valence-corrected chi connectivity index (χ2v) is 5.46.